The van der Waals surface area contributed by atoms with E-state index in [0.29, 0.717) is 5.71 Å². The van der Waals surface area contributed by atoms with Gasteiger partial charge in [-0.05, 0) is 19.4 Å². The molecule has 0 aromatic rings. The fraction of sp³-hybridized carbons (Fsp3) is 0.400. The van der Waals surface area contributed by atoms with E-state index in [1.54, 1.807) is 13.8 Å². The van der Waals surface area contributed by atoms with Crippen molar-refractivity contribution in [3.63, 3.8) is 0 Å². The summed E-state index contributed by atoms with van der Waals surface area (Å²) < 4.78 is 24.6. The Morgan fingerprint density at radius 3 is 2.11 bits per heavy atom. The van der Waals surface area contributed by atoms with E-state index in [9.17, 15) is 8.42 Å². The molecular weight excluding hydrogens is 138 g/mol. The average Bonchev–Trinajstić information content (AvgIpc) is 1.79. The van der Waals surface area contributed by atoms with Gasteiger partial charge in [-0.15, -0.1) is 0 Å². The van der Waals surface area contributed by atoms with Crippen molar-refractivity contribution in [1.29, 1.82) is 0 Å². The topological polar surface area (TPSA) is 46.5 Å². The highest BCUT2D eigenvalue weighted by atomic mass is 32.2. The lowest BCUT2D eigenvalue weighted by Crippen LogP contribution is -1.86. The van der Waals surface area contributed by atoms with E-state index < -0.39 is 10.0 Å². The van der Waals surface area contributed by atoms with Crippen molar-refractivity contribution >= 4 is 15.7 Å². The number of hydrogen-bond donors (Lipinski definition) is 0. The minimum atomic E-state index is -3.22. The summed E-state index contributed by atoms with van der Waals surface area (Å²) in [5, 5.41) is 1.17. The summed E-state index contributed by atoms with van der Waals surface area (Å²) in [5.74, 6) is 0. The molecule has 1 heterocycles. The van der Waals surface area contributed by atoms with Crippen molar-refractivity contribution in [2.24, 2.45) is 4.40 Å². The maximum atomic E-state index is 10.6. The molecule has 0 bridgehead atoms. The Labute approximate surface area is 54.2 Å². The van der Waals surface area contributed by atoms with Crippen LogP contribution in [0, 0.1) is 0 Å². The fourth-order valence-electron chi connectivity index (χ4n) is 0.598. The second-order valence-corrected chi connectivity index (χ2v) is 3.44. The lowest BCUT2D eigenvalue weighted by molar-refractivity contribution is 0.607. The van der Waals surface area contributed by atoms with Crippen molar-refractivity contribution in [2.45, 2.75) is 13.8 Å². The quantitative estimate of drug-likeness (QED) is 0.503. The Morgan fingerprint density at radius 2 is 2.00 bits per heavy atom. The third-order valence-electron chi connectivity index (χ3n) is 1.16. The van der Waals surface area contributed by atoms with Crippen LogP contribution in [0.5, 0.6) is 0 Å². The second-order valence-electron chi connectivity index (χ2n) is 1.99. The van der Waals surface area contributed by atoms with Gasteiger partial charge in [-0.2, -0.15) is 12.8 Å². The number of hydrogen-bond acceptors (Lipinski definition) is 2. The fourth-order valence-corrected chi connectivity index (χ4v) is 1.79. The maximum Gasteiger partial charge on any atom is 0.276 e. The van der Waals surface area contributed by atoms with Gasteiger partial charge in [0, 0.05) is 0 Å². The summed E-state index contributed by atoms with van der Waals surface area (Å²) in [6.07, 6.45) is 0. The number of sulfonamides is 1. The predicted molar refractivity (Wildman–Crippen MR) is 35.8 cm³/mol. The summed E-state index contributed by atoms with van der Waals surface area (Å²) in [7, 11) is -3.22. The maximum absolute atomic E-state index is 10.6. The highest BCUT2D eigenvalue weighted by molar-refractivity contribution is 7.93. The Morgan fingerprint density at radius 1 is 1.44 bits per heavy atom. The first kappa shape index (κ1) is 6.48. The SMILES string of the molecule is CC1=CS(=O)(=O)N=C1C. The largest absolute Gasteiger partial charge is 0.276 e. The summed E-state index contributed by atoms with van der Waals surface area (Å²) >= 11 is 0. The van der Waals surface area contributed by atoms with E-state index in [1.807, 2.05) is 0 Å². The molecule has 1 aliphatic rings. The van der Waals surface area contributed by atoms with Gasteiger partial charge in [0.25, 0.3) is 10.0 Å². The highest BCUT2D eigenvalue weighted by Crippen LogP contribution is 2.12. The minimum absolute atomic E-state index is 0.593. The third-order valence-corrected chi connectivity index (χ3v) is 2.34. The monoisotopic (exact) mass is 145 g/mol. The zero-order valence-corrected chi connectivity index (χ0v) is 6.07. The first-order valence-electron chi connectivity index (χ1n) is 2.51. The van der Waals surface area contributed by atoms with E-state index in [0.717, 1.165) is 5.57 Å². The highest BCUT2D eigenvalue weighted by Gasteiger charge is 2.13. The average molecular weight is 145 g/mol. The molecule has 0 saturated heterocycles. The molecule has 0 fully saturated rings. The van der Waals surface area contributed by atoms with Crippen molar-refractivity contribution < 1.29 is 8.42 Å². The van der Waals surface area contributed by atoms with Crippen molar-refractivity contribution in [3.8, 4) is 0 Å². The molecule has 0 unspecified atom stereocenters. The Bertz CT molecular complexity index is 260. The lowest BCUT2D eigenvalue weighted by Gasteiger charge is -1.82. The molecule has 0 radical (unpaired) electrons. The summed E-state index contributed by atoms with van der Waals surface area (Å²) in [4.78, 5) is 0. The van der Waals surface area contributed by atoms with Gasteiger partial charge in [0.15, 0.2) is 0 Å². The molecule has 0 amide bonds. The molecule has 1 aliphatic heterocycles. The lowest BCUT2D eigenvalue weighted by atomic mass is 10.2. The summed E-state index contributed by atoms with van der Waals surface area (Å²) in [5.41, 5.74) is 1.32. The van der Waals surface area contributed by atoms with Crippen LogP contribution >= 0.6 is 0 Å². The minimum Gasteiger partial charge on any atom is -0.200 e. The van der Waals surface area contributed by atoms with Gasteiger partial charge in [-0.25, -0.2) is 0 Å². The predicted octanol–water partition coefficient (Wildman–Crippen LogP) is 0.695. The van der Waals surface area contributed by atoms with E-state index in [1.165, 1.54) is 5.41 Å². The molecule has 0 aliphatic carbocycles. The van der Waals surface area contributed by atoms with Gasteiger partial charge in [0.05, 0.1) is 11.1 Å². The van der Waals surface area contributed by atoms with E-state index in [2.05, 4.69) is 4.40 Å². The third kappa shape index (κ3) is 1.18. The molecule has 0 atom stereocenters. The molecule has 4 heteroatoms. The van der Waals surface area contributed by atoms with Gasteiger partial charge < -0.3 is 0 Å². The van der Waals surface area contributed by atoms with Crippen molar-refractivity contribution in [1.82, 2.24) is 0 Å². The van der Waals surface area contributed by atoms with Crippen LogP contribution in [0.3, 0.4) is 0 Å². The van der Waals surface area contributed by atoms with Crippen LogP contribution in [0.4, 0.5) is 0 Å². The molecule has 0 spiro atoms. The van der Waals surface area contributed by atoms with Gasteiger partial charge >= 0.3 is 0 Å². The van der Waals surface area contributed by atoms with Crippen LogP contribution in [0.2, 0.25) is 0 Å². The zero-order chi connectivity index (χ0) is 7.07. The van der Waals surface area contributed by atoms with E-state index >= 15 is 0 Å². The van der Waals surface area contributed by atoms with Crippen LogP contribution in [-0.4, -0.2) is 14.1 Å². The Kier molecular flexibility index (Phi) is 1.20. The van der Waals surface area contributed by atoms with Crippen LogP contribution in [0.25, 0.3) is 0 Å². The molecule has 50 valence electrons. The summed E-state index contributed by atoms with van der Waals surface area (Å²) in [6.45, 7) is 3.40. The van der Waals surface area contributed by atoms with E-state index in [4.69, 9.17) is 0 Å². The van der Waals surface area contributed by atoms with Gasteiger partial charge in [-0.3, -0.25) is 0 Å². The van der Waals surface area contributed by atoms with Gasteiger partial charge in [0.1, 0.15) is 0 Å². The second kappa shape index (κ2) is 1.67. The molecule has 0 saturated carbocycles. The van der Waals surface area contributed by atoms with Crippen LogP contribution in [-0.2, 0) is 10.0 Å². The van der Waals surface area contributed by atoms with Crippen LogP contribution in [0.1, 0.15) is 13.8 Å². The summed E-state index contributed by atoms with van der Waals surface area (Å²) in [6, 6.07) is 0. The molecule has 1 rings (SSSR count). The normalized spacial score (nSPS) is 23.3. The molecule has 0 N–H and O–H groups in total. The van der Waals surface area contributed by atoms with E-state index in [-0.39, 0.29) is 0 Å². The smallest absolute Gasteiger partial charge is 0.200 e. The van der Waals surface area contributed by atoms with Gasteiger partial charge in [-0.1, -0.05) is 0 Å². The first-order valence-corrected chi connectivity index (χ1v) is 4.02. The van der Waals surface area contributed by atoms with Crippen molar-refractivity contribution in [2.75, 3.05) is 0 Å². The zero-order valence-electron chi connectivity index (χ0n) is 5.25. The Hall–Kier alpha value is -0.640. The molecule has 9 heavy (non-hydrogen) atoms. The van der Waals surface area contributed by atoms with Crippen LogP contribution < -0.4 is 0 Å². The standard InChI is InChI=1S/C5H7NO2S/c1-4-3-9(7,8)6-5(4)2/h3H,1-2H3. The number of rotatable bonds is 0. The van der Waals surface area contributed by atoms with Crippen LogP contribution in [0.15, 0.2) is 15.4 Å². The number of allylic oxidation sites excluding steroid dienone is 1. The van der Waals surface area contributed by atoms with Crippen molar-refractivity contribution in [3.05, 3.63) is 11.0 Å². The number of nitrogens with zero attached hydrogens (tertiary/aromatic N) is 1. The Balaban J connectivity index is 3.27. The van der Waals surface area contributed by atoms with Gasteiger partial charge in [0.2, 0.25) is 0 Å². The molecular formula is C5H7NO2S. The molecule has 3 nitrogen and oxygen atoms in total. The first-order chi connectivity index (χ1) is 4.01. The molecule has 0 aromatic heterocycles. The molecule has 0 aromatic carbocycles.